The van der Waals surface area contributed by atoms with Gasteiger partial charge >= 0.3 is 5.69 Å². The van der Waals surface area contributed by atoms with Crippen LogP contribution in [0.5, 0.6) is 11.6 Å². The predicted octanol–water partition coefficient (Wildman–Crippen LogP) is 3.44. The Morgan fingerprint density at radius 3 is 2.84 bits per heavy atom. The molecule has 19 heavy (non-hydrogen) atoms. The minimum atomic E-state index is -0.486. The number of benzene rings is 1. The Balaban J connectivity index is 2.44. The molecular formula is C12H10BrN3O3. The maximum Gasteiger partial charge on any atom is 0.314 e. The highest BCUT2D eigenvalue weighted by atomic mass is 79.9. The van der Waals surface area contributed by atoms with E-state index in [0.29, 0.717) is 15.7 Å². The fourth-order valence-electron chi connectivity index (χ4n) is 1.58. The molecule has 0 saturated heterocycles. The first-order valence-electron chi connectivity index (χ1n) is 5.32. The number of ether oxygens (including phenoxy) is 1. The SMILES string of the molecule is Cc1cccc(Oc2ncc(Br)cc2N)c1[N+](=O)[O-]. The summed E-state index contributed by atoms with van der Waals surface area (Å²) in [6.07, 6.45) is 1.51. The Morgan fingerprint density at radius 2 is 2.21 bits per heavy atom. The zero-order chi connectivity index (χ0) is 14.0. The van der Waals surface area contributed by atoms with Crippen LogP contribution in [0.3, 0.4) is 0 Å². The van der Waals surface area contributed by atoms with E-state index in [1.54, 1.807) is 25.1 Å². The molecule has 0 spiro atoms. The molecule has 0 unspecified atom stereocenters. The van der Waals surface area contributed by atoms with Crippen LogP contribution in [0.2, 0.25) is 0 Å². The number of pyridine rings is 1. The Hall–Kier alpha value is -2.15. The third-order valence-corrected chi connectivity index (χ3v) is 2.87. The molecule has 98 valence electrons. The molecule has 1 heterocycles. The zero-order valence-corrected chi connectivity index (χ0v) is 11.5. The lowest BCUT2D eigenvalue weighted by Crippen LogP contribution is -1.99. The Morgan fingerprint density at radius 1 is 1.47 bits per heavy atom. The molecular weight excluding hydrogens is 314 g/mol. The summed E-state index contributed by atoms with van der Waals surface area (Å²) in [6.45, 7) is 1.64. The monoisotopic (exact) mass is 323 g/mol. The number of aryl methyl sites for hydroxylation is 1. The number of nitrogens with two attached hydrogens (primary N) is 1. The Bertz CT molecular complexity index is 646. The highest BCUT2D eigenvalue weighted by Gasteiger charge is 2.19. The molecule has 2 aromatic rings. The topological polar surface area (TPSA) is 91.3 Å². The Labute approximate surface area is 117 Å². The molecule has 1 aromatic heterocycles. The van der Waals surface area contributed by atoms with Gasteiger partial charge in [0, 0.05) is 16.2 Å². The summed E-state index contributed by atoms with van der Waals surface area (Å²) < 4.78 is 6.14. The smallest absolute Gasteiger partial charge is 0.314 e. The molecule has 1 aromatic carbocycles. The van der Waals surface area contributed by atoms with Crippen molar-refractivity contribution in [3.05, 3.63) is 50.6 Å². The van der Waals surface area contributed by atoms with E-state index in [0.717, 1.165) is 0 Å². The second kappa shape index (κ2) is 5.23. The van der Waals surface area contributed by atoms with Crippen LogP contribution in [-0.2, 0) is 0 Å². The van der Waals surface area contributed by atoms with Crippen LogP contribution in [0.1, 0.15) is 5.56 Å². The van der Waals surface area contributed by atoms with E-state index in [1.807, 2.05) is 0 Å². The fraction of sp³-hybridized carbons (Fsp3) is 0.0833. The summed E-state index contributed by atoms with van der Waals surface area (Å²) in [6, 6.07) is 6.44. The number of nitrogen functional groups attached to an aromatic ring is 1. The number of halogens is 1. The number of aromatic nitrogens is 1. The van der Waals surface area contributed by atoms with Gasteiger partial charge in [-0.3, -0.25) is 10.1 Å². The molecule has 0 atom stereocenters. The van der Waals surface area contributed by atoms with Crippen LogP contribution in [0.4, 0.5) is 11.4 Å². The van der Waals surface area contributed by atoms with Crippen LogP contribution in [-0.4, -0.2) is 9.91 Å². The van der Waals surface area contributed by atoms with Crippen LogP contribution < -0.4 is 10.5 Å². The van der Waals surface area contributed by atoms with Gasteiger partial charge in [0.25, 0.3) is 0 Å². The van der Waals surface area contributed by atoms with Gasteiger partial charge in [0.05, 0.1) is 10.6 Å². The van der Waals surface area contributed by atoms with E-state index in [9.17, 15) is 10.1 Å². The molecule has 0 saturated carbocycles. The van der Waals surface area contributed by atoms with Crippen LogP contribution >= 0.6 is 15.9 Å². The van der Waals surface area contributed by atoms with Gasteiger partial charge in [-0.1, -0.05) is 12.1 Å². The van der Waals surface area contributed by atoms with E-state index in [4.69, 9.17) is 10.5 Å². The van der Waals surface area contributed by atoms with Crippen molar-refractivity contribution < 1.29 is 9.66 Å². The molecule has 0 bridgehead atoms. The van der Waals surface area contributed by atoms with E-state index < -0.39 is 4.92 Å². The first-order valence-corrected chi connectivity index (χ1v) is 6.11. The van der Waals surface area contributed by atoms with Crippen molar-refractivity contribution in [3.8, 4) is 11.6 Å². The van der Waals surface area contributed by atoms with Gasteiger partial charge in [0.2, 0.25) is 11.6 Å². The van der Waals surface area contributed by atoms with Gasteiger partial charge < -0.3 is 10.5 Å². The second-order valence-corrected chi connectivity index (χ2v) is 4.74. The van der Waals surface area contributed by atoms with Gasteiger partial charge in [-0.2, -0.15) is 0 Å². The number of hydrogen-bond acceptors (Lipinski definition) is 5. The van der Waals surface area contributed by atoms with Gasteiger partial charge in [-0.15, -0.1) is 0 Å². The minimum absolute atomic E-state index is 0.0911. The third kappa shape index (κ3) is 2.82. The second-order valence-electron chi connectivity index (χ2n) is 3.83. The van der Waals surface area contributed by atoms with Crippen LogP contribution in [0, 0.1) is 17.0 Å². The van der Waals surface area contributed by atoms with Crippen molar-refractivity contribution in [1.82, 2.24) is 4.98 Å². The lowest BCUT2D eigenvalue weighted by atomic mass is 10.2. The first-order chi connectivity index (χ1) is 8.99. The maximum atomic E-state index is 11.0. The number of nitrogens with zero attached hydrogens (tertiary/aromatic N) is 2. The standard InChI is InChI=1S/C12H10BrN3O3/c1-7-3-2-4-10(11(7)16(17)18)19-12-9(14)5-8(13)6-15-12/h2-6H,14H2,1H3. The van der Waals surface area contributed by atoms with Gasteiger partial charge in [-0.25, -0.2) is 4.98 Å². The van der Waals surface area contributed by atoms with Crippen LogP contribution in [0.25, 0.3) is 0 Å². The van der Waals surface area contributed by atoms with E-state index in [2.05, 4.69) is 20.9 Å². The molecule has 6 nitrogen and oxygen atoms in total. The molecule has 0 fully saturated rings. The zero-order valence-electron chi connectivity index (χ0n) is 9.96. The van der Waals surface area contributed by atoms with E-state index in [-0.39, 0.29) is 17.3 Å². The molecule has 0 radical (unpaired) electrons. The summed E-state index contributed by atoms with van der Waals surface area (Å²) >= 11 is 3.22. The number of anilines is 1. The summed E-state index contributed by atoms with van der Waals surface area (Å²) in [5.74, 6) is 0.253. The molecule has 0 aliphatic heterocycles. The number of nitro groups is 1. The molecule has 0 aliphatic rings. The quantitative estimate of drug-likeness (QED) is 0.690. The highest BCUT2D eigenvalue weighted by Crippen LogP contribution is 2.35. The number of rotatable bonds is 3. The van der Waals surface area contributed by atoms with Gasteiger partial charge in [-0.05, 0) is 35.0 Å². The van der Waals surface area contributed by atoms with Crippen LogP contribution in [0.15, 0.2) is 34.9 Å². The van der Waals surface area contributed by atoms with Crippen molar-refractivity contribution in [2.24, 2.45) is 0 Å². The van der Waals surface area contributed by atoms with Crippen molar-refractivity contribution in [3.63, 3.8) is 0 Å². The third-order valence-electron chi connectivity index (χ3n) is 2.44. The summed E-state index contributed by atoms with van der Waals surface area (Å²) in [5.41, 5.74) is 6.46. The number of hydrogen-bond donors (Lipinski definition) is 1. The van der Waals surface area contributed by atoms with Gasteiger partial charge in [0.1, 0.15) is 0 Å². The minimum Gasteiger partial charge on any atom is -0.430 e. The fourth-order valence-corrected chi connectivity index (χ4v) is 1.93. The molecule has 2 N–H and O–H groups in total. The average Bonchev–Trinajstić information content (AvgIpc) is 2.32. The normalized spacial score (nSPS) is 10.2. The van der Waals surface area contributed by atoms with E-state index in [1.165, 1.54) is 12.3 Å². The maximum absolute atomic E-state index is 11.0. The van der Waals surface area contributed by atoms with Crippen molar-refractivity contribution in [1.29, 1.82) is 0 Å². The lowest BCUT2D eigenvalue weighted by Gasteiger charge is -2.08. The van der Waals surface area contributed by atoms with Gasteiger partial charge in [0.15, 0.2) is 0 Å². The summed E-state index contributed by atoms with van der Waals surface area (Å²) in [4.78, 5) is 14.5. The van der Waals surface area contributed by atoms with Crippen molar-refractivity contribution in [2.45, 2.75) is 6.92 Å². The van der Waals surface area contributed by atoms with E-state index >= 15 is 0 Å². The largest absolute Gasteiger partial charge is 0.430 e. The number of para-hydroxylation sites is 1. The average molecular weight is 324 g/mol. The summed E-state index contributed by atoms with van der Waals surface area (Å²) in [5, 5.41) is 11.0. The molecule has 2 rings (SSSR count). The predicted molar refractivity (Wildman–Crippen MR) is 74.3 cm³/mol. The molecule has 0 aliphatic carbocycles. The summed E-state index contributed by atoms with van der Waals surface area (Å²) in [7, 11) is 0. The number of nitro benzene ring substituents is 1. The molecule has 0 amide bonds. The van der Waals surface area contributed by atoms with Crippen molar-refractivity contribution in [2.75, 3.05) is 5.73 Å². The Kier molecular flexibility index (Phi) is 3.66. The highest BCUT2D eigenvalue weighted by molar-refractivity contribution is 9.10. The lowest BCUT2D eigenvalue weighted by molar-refractivity contribution is -0.386. The van der Waals surface area contributed by atoms with Crippen molar-refractivity contribution >= 4 is 27.3 Å². The first kappa shape index (κ1) is 13.3. The molecule has 7 heteroatoms.